The zero-order valence-electron chi connectivity index (χ0n) is 12.3. The average Bonchev–Trinajstić information content (AvgIpc) is 3.11. The van der Waals surface area contributed by atoms with Gasteiger partial charge in [0.1, 0.15) is 5.60 Å². The van der Waals surface area contributed by atoms with Crippen molar-refractivity contribution in [3.8, 4) is 0 Å². The maximum Gasteiger partial charge on any atom is 0.410 e. The van der Waals surface area contributed by atoms with Crippen molar-refractivity contribution in [1.29, 1.82) is 0 Å². The maximum absolute atomic E-state index is 12.2. The van der Waals surface area contributed by atoms with Crippen LogP contribution in [0.4, 0.5) is 4.79 Å². The van der Waals surface area contributed by atoms with E-state index in [1.54, 1.807) is 4.90 Å². The number of rotatable bonds is 4. The predicted octanol–water partition coefficient (Wildman–Crippen LogP) is 1.62. The number of nitrogens with one attached hydrogen (secondary N) is 1. The molecule has 19 heavy (non-hydrogen) atoms. The summed E-state index contributed by atoms with van der Waals surface area (Å²) in [6.07, 6.45) is 2.45. The van der Waals surface area contributed by atoms with Crippen molar-refractivity contribution < 1.29 is 14.3 Å². The minimum atomic E-state index is -0.443. The molecule has 1 unspecified atom stereocenters. The summed E-state index contributed by atoms with van der Waals surface area (Å²) in [4.78, 5) is 14.0. The predicted molar refractivity (Wildman–Crippen MR) is 73.1 cm³/mol. The molecule has 1 aliphatic carbocycles. The van der Waals surface area contributed by atoms with Gasteiger partial charge in [-0.3, -0.25) is 4.90 Å². The fourth-order valence-electron chi connectivity index (χ4n) is 2.16. The van der Waals surface area contributed by atoms with Crippen LogP contribution in [0.25, 0.3) is 0 Å². The first-order valence-corrected chi connectivity index (χ1v) is 7.24. The van der Waals surface area contributed by atoms with E-state index in [0.29, 0.717) is 19.8 Å². The van der Waals surface area contributed by atoms with E-state index >= 15 is 0 Å². The largest absolute Gasteiger partial charge is 0.444 e. The molecule has 0 aromatic carbocycles. The molecule has 110 valence electrons. The Labute approximate surface area is 115 Å². The van der Waals surface area contributed by atoms with Crippen molar-refractivity contribution in [3.05, 3.63) is 0 Å². The number of hydrogen-bond donors (Lipinski definition) is 1. The third kappa shape index (κ3) is 4.99. The van der Waals surface area contributed by atoms with Gasteiger partial charge >= 0.3 is 6.09 Å². The summed E-state index contributed by atoms with van der Waals surface area (Å²) in [7, 11) is 0. The molecular weight excluding hydrogens is 244 g/mol. The fraction of sp³-hybridized carbons (Fsp3) is 0.929. The minimum absolute atomic E-state index is 0.0855. The van der Waals surface area contributed by atoms with Crippen LogP contribution in [0.15, 0.2) is 0 Å². The van der Waals surface area contributed by atoms with Gasteiger partial charge in [0.25, 0.3) is 0 Å². The van der Waals surface area contributed by atoms with E-state index in [2.05, 4.69) is 5.32 Å². The number of hydrogen-bond acceptors (Lipinski definition) is 4. The summed E-state index contributed by atoms with van der Waals surface area (Å²) in [6.45, 7) is 9.33. The van der Waals surface area contributed by atoms with Crippen molar-refractivity contribution in [2.24, 2.45) is 5.92 Å². The van der Waals surface area contributed by atoms with Gasteiger partial charge in [0.05, 0.1) is 19.3 Å². The van der Waals surface area contributed by atoms with Gasteiger partial charge in [-0.2, -0.15) is 0 Å². The highest BCUT2D eigenvalue weighted by atomic mass is 16.6. The summed E-state index contributed by atoms with van der Waals surface area (Å²) < 4.78 is 10.9. The molecule has 5 nitrogen and oxygen atoms in total. The van der Waals surface area contributed by atoms with Gasteiger partial charge < -0.3 is 14.8 Å². The topological polar surface area (TPSA) is 50.8 Å². The Kier molecular flexibility index (Phi) is 4.68. The molecule has 0 spiro atoms. The second-order valence-corrected chi connectivity index (χ2v) is 6.50. The van der Waals surface area contributed by atoms with Gasteiger partial charge in [0.2, 0.25) is 0 Å². The van der Waals surface area contributed by atoms with Crippen LogP contribution in [0.5, 0.6) is 0 Å². The van der Waals surface area contributed by atoms with E-state index in [1.807, 2.05) is 20.8 Å². The van der Waals surface area contributed by atoms with Crippen LogP contribution in [0.3, 0.4) is 0 Å². The van der Waals surface area contributed by atoms with Crippen LogP contribution in [-0.4, -0.2) is 55.5 Å². The maximum atomic E-state index is 12.2. The second kappa shape index (κ2) is 6.09. The summed E-state index contributed by atoms with van der Waals surface area (Å²) in [5, 5.41) is 3.44. The molecule has 0 aromatic rings. The molecule has 1 aliphatic heterocycles. The molecule has 2 fully saturated rings. The fourth-order valence-corrected chi connectivity index (χ4v) is 2.16. The van der Waals surface area contributed by atoms with Gasteiger partial charge in [-0.1, -0.05) is 0 Å². The van der Waals surface area contributed by atoms with E-state index in [4.69, 9.17) is 9.47 Å². The number of carbonyl (C=O) groups is 1. The van der Waals surface area contributed by atoms with Gasteiger partial charge in [-0.15, -0.1) is 0 Å². The molecule has 5 heteroatoms. The number of nitrogens with zero attached hydrogens (tertiary/aromatic N) is 1. The monoisotopic (exact) mass is 270 g/mol. The Balaban J connectivity index is 1.81. The van der Waals surface area contributed by atoms with Crippen molar-refractivity contribution in [2.45, 2.75) is 45.3 Å². The Bertz CT molecular complexity index is 310. The summed E-state index contributed by atoms with van der Waals surface area (Å²) in [5.74, 6) is 0.847. The highest BCUT2D eigenvalue weighted by Crippen LogP contribution is 2.27. The Hall–Kier alpha value is -0.810. The van der Waals surface area contributed by atoms with E-state index in [9.17, 15) is 4.79 Å². The van der Waals surface area contributed by atoms with Crippen LogP contribution in [0.1, 0.15) is 33.6 Å². The van der Waals surface area contributed by atoms with E-state index in [0.717, 1.165) is 19.0 Å². The van der Waals surface area contributed by atoms with Crippen molar-refractivity contribution >= 4 is 6.09 Å². The van der Waals surface area contributed by atoms with Crippen LogP contribution >= 0.6 is 0 Å². The first-order chi connectivity index (χ1) is 8.96. The standard InChI is InChI=1S/C14H26N2O3/c1-14(2,3)19-13(17)16-6-7-18-10-12(16)9-15-8-11-4-5-11/h11-12,15H,4-10H2,1-3H3. The molecular formula is C14H26N2O3. The van der Waals surface area contributed by atoms with Crippen molar-refractivity contribution in [1.82, 2.24) is 10.2 Å². The molecule has 1 atom stereocenters. The van der Waals surface area contributed by atoms with Crippen LogP contribution in [-0.2, 0) is 9.47 Å². The lowest BCUT2D eigenvalue weighted by Gasteiger charge is -2.36. The average molecular weight is 270 g/mol. The lowest BCUT2D eigenvalue weighted by atomic mass is 10.2. The third-order valence-electron chi connectivity index (χ3n) is 3.37. The molecule has 2 aliphatic rings. The normalized spacial score (nSPS) is 24.4. The first-order valence-electron chi connectivity index (χ1n) is 7.24. The quantitative estimate of drug-likeness (QED) is 0.843. The van der Waals surface area contributed by atoms with Gasteiger partial charge in [-0.25, -0.2) is 4.79 Å². The first kappa shape index (κ1) is 14.6. The SMILES string of the molecule is CC(C)(C)OC(=O)N1CCOCC1CNCC1CC1. The lowest BCUT2D eigenvalue weighted by molar-refractivity contribution is -0.0317. The molecule has 1 saturated carbocycles. The zero-order chi connectivity index (χ0) is 13.9. The molecule has 0 aromatic heterocycles. The number of amides is 1. The lowest BCUT2D eigenvalue weighted by Crippen LogP contribution is -2.54. The highest BCUT2D eigenvalue weighted by molar-refractivity contribution is 5.68. The minimum Gasteiger partial charge on any atom is -0.444 e. The number of morpholine rings is 1. The van der Waals surface area contributed by atoms with Crippen LogP contribution in [0.2, 0.25) is 0 Å². The zero-order valence-corrected chi connectivity index (χ0v) is 12.3. The number of ether oxygens (including phenoxy) is 2. The molecule has 1 N–H and O–H groups in total. The number of carbonyl (C=O) groups excluding carboxylic acids is 1. The summed E-state index contributed by atoms with van der Waals surface area (Å²) in [5.41, 5.74) is -0.443. The molecule has 0 bridgehead atoms. The Morgan fingerprint density at radius 1 is 1.37 bits per heavy atom. The van der Waals surface area contributed by atoms with Crippen LogP contribution in [0, 0.1) is 5.92 Å². The van der Waals surface area contributed by atoms with E-state index in [1.165, 1.54) is 12.8 Å². The van der Waals surface area contributed by atoms with E-state index in [-0.39, 0.29) is 12.1 Å². The summed E-state index contributed by atoms with van der Waals surface area (Å²) >= 11 is 0. The molecule has 1 heterocycles. The molecule has 1 saturated heterocycles. The third-order valence-corrected chi connectivity index (χ3v) is 3.37. The van der Waals surface area contributed by atoms with Crippen molar-refractivity contribution in [2.75, 3.05) is 32.8 Å². The van der Waals surface area contributed by atoms with Gasteiger partial charge in [0.15, 0.2) is 0 Å². The highest BCUT2D eigenvalue weighted by Gasteiger charge is 2.31. The molecule has 1 amide bonds. The summed E-state index contributed by atoms with van der Waals surface area (Å²) in [6, 6.07) is 0.0855. The molecule has 2 rings (SSSR count). The smallest absolute Gasteiger partial charge is 0.410 e. The Morgan fingerprint density at radius 3 is 2.74 bits per heavy atom. The van der Waals surface area contributed by atoms with E-state index < -0.39 is 5.60 Å². The van der Waals surface area contributed by atoms with Crippen LogP contribution < -0.4 is 5.32 Å². The van der Waals surface area contributed by atoms with Gasteiger partial charge in [0, 0.05) is 13.1 Å². The van der Waals surface area contributed by atoms with Crippen molar-refractivity contribution in [3.63, 3.8) is 0 Å². The molecule has 0 radical (unpaired) electrons. The second-order valence-electron chi connectivity index (χ2n) is 6.50. The Morgan fingerprint density at radius 2 is 2.11 bits per heavy atom. The van der Waals surface area contributed by atoms with Gasteiger partial charge in [-0.05, 0) is 46.1 Å².